The smallest absolute Gasteiger partial charge is 0.251 e. The fraction of sp³-hybridized carbons (Fsp3) is 0.158. The minimum Gasteiger partial charge on any atom is -0.497 e. The molecule has 1 aromatic carbocycles. The Balaban J connectivity index is 1.85. The number of pyridine rings is 1. The molecule has 140 valence electrons. The SMILES string of the molecule is COc1cccc(C(=O)NCC(c2cccnc2)S(=O)(=O)c2cccs2)c1. The van der Waals surface area contributed by atoms with Crippen molar-refractivity contribution < 1.29 is 17.9 Å². The van der Waals surface area contributed by atoms with Crippen LogP contribution in [0.25, 0.3) is 0 Å². The van der Waals surface area contributed by atoms with Crippen LogP contribution < -0.4 is 10.1 Å². The van der Waals surface area contributed by atoms with E-state index in [2.05, 4.69) is 10.3 Å². The van der Waals surface area contributed by atoms with Gasteiger partial charge in [0.05, 0.1) is 7.11 Å². The molecule has 0 radical (unpaired) electrons. The number of carbonyl (C=O) groups excluding carboxylic acids is 1. The molecule has 0 fully saturated rings. The molecule has 0 spiro atoms. The molecule has 0 aliphatic heterocycles. The number of thiophene rings is 1. The van der Waals surface area contributed by atoms with E-state index in [4.69, 9.17) is 4.74 Å². The van der Waals surface area contributed by atoms with Crippen LogP contribution in [-0.4, -0.2) is 33.0 Å². The number of amides is 1. The second-order valence-corrected chi connectivity index (χ2v) is 9.00. The summed E-state index contributed by atoms with van der Waals surface area (Å²) in [5.74, 6) is 0.182. The van der Waals surface area contributed by atoms with Gasteiger partial charge < -0.3 is 10.1 Å². The van der Waals surface area contributed by atoms with Gasteiger partial charge in [0.25, 0.3) is 5.91 Å². The number of ether oxygens (including phenoxy) is 1. The van der Waals surface area contributed by atoms with Gasteiger partial charge in [0, 0.05) is 24.5 Å². The zero-order chi connectivity index (χ0) is 19.3. The first-order chi connectivity index (χ1) is 13.0. The number of hydrogen-bond donors (Lipinski definition) is 1. The molecule has 1 unspecified atom stereocenters. The molecule has 1 N–H and O–H groups in total. The average molecular weight is 402 g/mol. The van der Waals surface area contributed by atoms with Crippen LogP contribution in [0.5, 0.6) is 5.75 Å². The van der Waals surface area contributed by atoms with Gasteiger partial charge in [-0.2, -0.15) is 0 Å². The Bertz CT molecular complexity index is 1000. The Morgan fingerprint density at radius 3 is 2.74 bits per heavy atom. The lowest BCUT2D eigenvalue weighted by Crippen LogP contribution is -2.31. The Morgan fingerprint density at radius 2 is 2.07 bits per heavy atom. The number of nitrogens with one attached hydrogen (secondary N) is 1. The maximum atomic E-state index is 13.1. The molecule has 27 heavy (non-hydrogen) atoms. The van der Waals surface area contributed by atoms with Crippen LogP contribution in [0, 0.1) is 0 Å². The number of benzene rings is 1. The molecule has 6 nitrogen and oxygen atoms in total. The number of hydrogen-bond acceptors (Lipinski definition) is 6. The van der Waals surface area contributed by atoms with Crippen LogP contribution in [0.1, 0.15) is 21.2 Å². The molecule has 3 rings (SSSR count). The highest BCUT2D eigenvalue weighted by Gasteiger charge is 2.30. The van der Waals surface area contributed by atoms with Crippen molar-refractivity contribution in [1.29, 1.82) is 0 Å². The Kier molecular flexibility index (Phi) is 5.88. The van der Waals surface area contributed by atoms with Gasteiger partial charge in [-0.25, -0.2) is 8.42 Å². The standard InChI is InChI=1S/C19H18N2O4S2/c1-25-16-7-2-5-14(11-16)19(22)21-13-17(15-6-3-9-20-12-15)27(23,24)18-8-4-10-26-18/h2-12,17H,13H2,1H3,(H,21,22). The lowest BCUT2D eigenvalue weighted by Gasteiger charge is -2.18. The Morgan fingerprint density at radius 1 is 1.22 bits per heavy atom. The molecule has 1 atom stereocenters. The number of nitrogens with zero attached hydrogens (tertiary/aromatic N) is 1. The second kappa shape index (κ2) is 8.32. The van der Waals surface area contributed by atoms with Gasteiger partial charge in [-0.15, -0.1) is 11.3 Å². The van der Waals surface area contributed by atoms with Gasteiger partial charge >= 0.3 is 0 Å². The third-order valence-corrected chi connectivity index (χ3v) is 7.52. The predicted molar refractivity (Wildman–Crippen MR) is 104 cm³/mol. The highest BCUT2D eigenvalue weighted by molar-refractivity contribution is 7.93. The molecule has 0 aliphatic rings. The summed E-state index contributed by atoms with van der Waals surface area (Å²) in [6, 6.07) is 13.3. The fourth-order valence-electron chi connectivity index (χ4n) is 2.59. The predicted octanol–water partition coefficient (Wildman–Crippen LogP) is 3.10. The maximum absolute atomic E-state index is 13.1. The van der Waals surface area contributed by atoms with Crippen molar-refractivity contribution in [2.24, 2.45) is 0 Å². The summed E-state index contributed by atoms with van der Waals surface area (Å²) in [4.78, 5) is 16.5. The first-order valence-corrected chi connectivity index (χ1v) is 10.5. The summed E-state index contributed by atoms with van der Waals surface area (Å²) >= 11 is 1.15. The monoisotopic (exact) mass is 402 g/mol. The number of rotatable bonds is 7. The lowest BCUT2D eigenvalue weighted by atomic mass is 10.2. The van der Waals surface area contributed by atoms with Crippen LogP contribution in [-0.2, 0) is 9.84 Å². The van der Waals surface area contributed by atoms with E-state index in [1.165, 1.54) is 13.3 Å². The first kappa shape index (κ1) is 19.1. The summed E-state index contributed by atoms with van der Waals surface area (Å²) < 4.78 is 31.5. The van der Waals surface area contributed by atoms with Crippen molar-refractivity contribution in [3.8, 4) is 5.75 Å². The number of sulfone groups is 1. The van der Waals surface area contributed by atoms with E-state index in [1.807, 2.05) is 0 Å². The first-order valence-electron chi connectivity index (χ1n) is 8.12. The van der Waals surface area contributed by atoms with Crippen LogP contribution in [0.3, 0.4) is 0 Å². The summed E-state index contributed by atoms with van der Waals surface area (Å²) in [5.41, 5.74) is 0.921. The van der Waals surface area contributed by atoms with E-state index >= 15 is 0 Å². The van der Waals surface area contributed by atoms with E-state index in [0.717, 1.165) is 11.3 Å². The molecular formula is C19H18N2O4S2. The quantitative estimate of drug-likeness (QED) is 0.656. The fourth-order valence-corrected chi connectivity index (χ4v) is 5.44. The van der Waals surface area contributed by atoms with Crippen molar-refractivity contribution >= 4 is 27.1 Å². The van der Waals surface area contributed by atoms with E-state index in [9.17, 15) is 13.2 Å². The van der Waals surface area contributed by atoms with Gasteiger partial charge in [0.15, 0.2) is 9.84 Å². The summed E-state index contributed by atoms with van der Waals surface area (Å²) in [6.45, 7) is -0.0675. The molecule has 0 saturated heterocycles. The molecule has 0 aliphatic carbocycles. The Labute approximate surface area is 161 Å². The van der Waals surface area contributed by atoms with Gasteiger partial charge in [0.1, 0.15) is 15.2 Å². The van der Waals surface area contributed by atoms with Crippen LogP contribution in [0.4, 0.5) is 0 Å². The number of aromatic nitrogens is 1. The van der Waals surface area contributed by atoms with Crippen molar-refractivity contribution in [3.63, 3.8) is 0 Å². The van der Waals surface area contributed by atoms with Gasteiger partial charge in [-0.1, -0.05) is 18.2 Å². The van der Waals surface area contributed by atoms with Gasteiger partial charge in [-0.05, 0) is 41.3 Å². The van der Waals surface area contributed by atoms with Crippen LogP contribution >= 0.6 is 11.3 Å². The third-order valence-electron chi connectivity index (χ3n) is 3.99. The van der Waals surface area contributed by atoms with E-state index in [0.29, 0.717) is 16.9 Å². The Hall–Kier alpha value is -2.71. The third kappa shape index (κ3) is 4.35. The van der Waals surface area contributed by atoms with Crippen molar-refractivity contribution in [2.75, 3.05) is 13.7 Å². The topological polar surface area (TPSA) is 85.4 Å². The minimum atomic E-state index is -3.66. The zero-order valence-electron chi connectivity index (χ0n) is 14.5. The second-order valence-electron chi connectivity index (χ2n) is 5.69. The summed E-state index contributed by atoms with van der Waals surface area (Å²) in [5, 5.41) is 3.50. The molecule has 1 amide bonds. The van der Waals surface area contributed by atoms with Crippen molar-refractivity contribution in [2.45, 2.75) is 9.46 Å². The highest BCUT2D eigenvalue weighted by Crippen LogP contribution is 2.30. The van der Waals surface area contributed by atoms with Crippen LogP contribution in [0.2, 0.25) is 0 Å². The summed E-state index contributed by atoms with van der Waals surface area (Å²) in [6.07, 6.45) is 3.08. The molecule has 0 saturated carbocycles. The molecule has 0 bridgehead atoms. The summed E-state index contributed by atoms with van der Waals surface area (Å²) in [7, 11) is -2.15. The normalized spacial score (nSPS) is 12.3. The van der Waals surface area contributed by atoms with E-state index < -0.39 is 15.1 Å². The number of carbonyl (C=O) groups is 1. The van der Waals surface area contributed by atoms with E-state index in [1.54, 1.807) is 60.1 Å². The maximum Gasteiger partial charge on any atom is 0.251 e. The molecular weight excluding hydrogens is 384 g/mol. The molecule has 2 heterocycles. The largest absolute Gasteiger partial charge is 0.497 e. The molecule has 2 aromatic heterocycles. The van der Waals surface area contributed by atoms with Gasteiger partial charge in [-0.3, -0.25) is 9.78 Å². The molecule has 8 heteroatoms. The van der Waals surface area contributed by atoms with Crippen molar-refractivity contribution in [3.05, 3.63) is 77.4 Å². The van der Waals surface area contributed by atoms with E-state index in [-0.39, 0.29) is 16.7 Å². The van der Waals surface area contributed by atoms with Crippen molar-refractivity contribution in [1.82, 2.24) is 10.3 Å². The highest BCUT2D eigenvalue weighted by atomic mass is 32.2. The zero-order valence-corrected chi connectivity index (χ0v) is 16.2. The average Bonchev–Trinajstić information content (AvgIpc) is 3.24. The van der Waals surface area contributed by atoms with Crippen LogP contribution in [0.15, 0.2) is 70.5 Å². The van der Waals surface area contributed by atoms with Gasteiger partial charge in [0.2, 0.25) is 0 Å². The molecule has 3 aromatic rings. The lowest BCUT2D eigenvalue weighted by molar-refractivity contribution is 0.0953. The number of methoxy groups -OCH3 is 1. The minimum absolute atomic E-state index is 0.0675.